The zero-order chi connectivity index (χ0) is 27.9. The molecule has 0 spiro atoms. The first-order valence-corrected chi connectivity index (χ1v) is 10.6. The van der Waals surface area contributed by atoms with Gasteiger partial charge in [-0.3, -0.25) is 0 Å². The van der Waals surface area contributed by atoms with Gasteiger partial charge >= 0.3 is 17.9 Å². The lowest BCUT2D eigenvalue weighted by atomic mass is 9.95. The van der Waals surface area contributed by atoms with Crippen LogP contribution >= 0.6 is 0 Å². The fraction of sp³-hybridized carbons (Fsp3) is 0.833. The molecule has 15 atom stereocenters. The minimum atomic E-state index is -2.29. The van der Waals surface area contributed by atoms with Crippen LogP contribution in [-0.4, -0.2) is 166 Å². The maximum Gasteiger partial charge on any atom is 0.335 e. The lowest BCUT2D eigenvalue weighted by Gasteiger charge is -2.46. The van der Waals surface area contributed by atoms with Crippen molar-refractivity contribution in [3.05, 3.63) is 0 Å². The maximum atomic E-state index is 11.8. The minimum Gasteiger partial charge on any atom is -0.479 e. The Bertz CT molecular complexity index is 853. The van der Waals surface area contributed by atoms with Gasteiger partial charge in [0.1, 0.15) is 54.9 Å². The number of aliphatic hydroxyl groups is 8. The predicted octanol–water partition coefficient (Wildman–Crippen LogP) is -7.30. The van der Waals surface area contributed by atoms with E-state index in [-0.39, 0.29) is 0 Å². The number of rotatable bonds is 7. The van der Waals surface area contributed by atoms with E-state index >= 15 is 0 Å². The van der Waals surface area contributed by atoms with Gasteiger partial charge in [-0.25, -0.2) is 14.4 Å². The fourth-order valence-corrected chi connectivity index (χ4v) is 3.98. The van der Waals surface area contributed by atoms with E-state index in [1.165, 1.54) is 0 Å². The number of hydrogen-bond donors (Lipinski definition) is 11. The summed E-state index contributed by atoms with van der Waals surface area (Å²) in [6.07, 6.45) is -32.5. The minimum absolute atomic E-state index is 1.79. The molecule has 0 aromatic rings. The van der Waals surface area contributed by atoms with E-state index in [9.17, 15) is 65.4 Å². The van der Waals surface area contributed by atoms with Crippen LogP contribution in [0.1, 0.15) is 0 Å². The van der Waals surface area contributed by atoms with Gasteiger partial charge in [0, 0.05) is 0 Å². The fourth-order valence-electron chi connectivity index (χ4n) is 3.98. The summed E-state index contributed by atoms with van der Waals surface area (Å²) in [6.45, 7) is 0. The van der Waals surface area contributed by atoms with E-state index < -0.39 is 110 Å². The summed E-state index contributed by atoms with van der Waals surface area (Å²) in [7, 11) is 0. The summed E-state index contributed by atoms with van der Waals surface area (Å²) in [4.78, 5) is 34.5. The summed E-state index contributed by atoms with van der Waals surface area (Å²) in [5, 5.41) is 108. The van der Waals surface area contributed by atoms with E-state index in [4.69, 9.17) is 24.1 Å². The predicted molar refractivity (Wildman–Crippen MR) is 103 cm³/mol. The maximum absolute atomic E-state index is 11.8. The van der Waals surface area contributed by atoms with Crippen LogP contribution in [0.2, 0.25) is 0 Å². The second kappa shape index (κ2) is 11.3. The van der Waals surface area contributed by atoms with Gasteiger partial charge in [0.15, 0.2) is 37.2 Å². The smallest absolute Gasteiger partial charge is 0.335 e. The van der Waals surface area contributed by atoms with Crippen molar-refractivity contribution in [2.45, 2.75) is 92.1 Å². The zero-order valence-corrected chi connectivity index (χ0v) is 18.3. The molecule has 3 fully saturated rings. The average Bonchev–Trinajstić information content (AvgIpc) is 2.82. The third-order valence-corrected chi connectivity index (χ3v) is 5.99. The van der Waals surface area contributed by atoms with Gasteiger partial charge in [0.25, 0.3) is 0 Å². The molecule has 3 aliphatic heterocycles. The molecule has 212 valence electrons. The normalized spacial score (nSPS) is 48.8. The molecule has 0 aromatic carbocycles. The van der Waals surface area contributed by atoms with Crippen LogP contribution in [0.3, 0.4) is 0 Å². The quantitative estimate of drug-likeness (QED) is 0.141. The molecular formula is C18H26O19. The van der Waals surface area contributed by atoms with E-state index in [0.29, 0.717) is 0 Å². The highest BCUT2D eigenvalue weighted by molar-refractivity contribution is 5.74. The van der Waals surface area contributed by atoms with E-state index in [0.717, 1.165) is 0 Å². The summed E-state index contributed by atoms with van der Waals surface area (Å²) in [5.74, 6) is -5.46. The van der Waals surface area contributed by atoms with Crippen LogP contribution in [-0.2, 0) is 38.1 Å². The molecule has 0 amide bonds. The highest BCUT2D eigenvalue weighted by Gasteiger charge is 2.56. The lowest BCUT2D eigenvalue weighted by molar-refractivity contribution is -0.368. The van der Waals surface area contributed by atoms with Crippen molar-refractivity contribution in [3.63, 3.8) is 0 Å². The summed E-state index contributed by atoms with van der Waals surface area (Å²) in [5.41, 5.74) is 0. The molecule has 3 heterocycles. The number of carbonyl (C=O) groups is 3. The van der Waals surface area contributed by atoms with Gasteiger partial charge in [0.2, 0.25) is 0 Å². The van der Waals surface area contributed by atoms with Gasteiger partial charge in [0.05, 0.1) is 0 Å². The first-order valence-electron chi connectivity index (χ1n) is 10.6. The molecule has 0 aromatic heterocycles. The van der Waals surface area contributed by atoms with Gasteiger partial charge in [-0.05, 0) is 0 Å². The number of aliphatic hydroxyl groups excluding tert-OH is 8. The standard InChI is InChI=1S/C18H26O19/c19-1-2(20)10(13(26)27)36-17(6(1)24)35-9-4(22)7(25)18(37-12(9)15(30)31)34-8-3(21)5(23)16(32)33-11(8)14(28)29/h1-12,16-25,32H,(H,26,27)(H,28,29)(H,30,31)/t1-,2-,3+,4+,5?,6?,7?,8-,9-,10?,11?,12?,16+,17+,18+/m0/s1. The van der Waals surface area contributed by atoms with E-state index in [1.54, 1.807) is 0 Å². The summed E-state index contributed by atoms with van der Waals surface area (Å²) in [6, 6.07) is 0. The molecule has 19 nitrogen and oxygen atoms in total. The molecule has 0 radical (unpaired) electrons. The topological polar surface area (TPSA) is 320 Å². The van der Waals surface area contributed by atoms with Crippen molar-refractivity contribution >= 4 is 17.9 Å². The monoisotopic (exact) mass is 546 g/mol. The number of carboxylic acids is 3. The Kier molecular flexibility index (Phi) is 9.01. The van der Waals surface area contributed by atoms with Crippen molar-refractivity contribution in [2.24, 2.45) is 0 Å². The lowest BCUT2D eigenvalue weighted by Crippen LogP contribution is -2.67. The van der Waals surface area contributed by atoms with Crippen LogP contribution in [0.4, 0.5) is 0 Å². The molecule has 3 rings (SSSR count). The van der Waals surface area contributed by atoms with Crippen LogP contribution in [0.5, 0.6) is 0 Å². The van der Waals surface area contributed by atoms with Crippen molar-refractivity contribution in [3.8, 4) is 0 Å². The molecule has 11 N–H and O–H groups in total. The molecule has 19 heteroatoms. The Morgan fingerprint density at radius 1 is 0.459 bits per heavy atom. The third kappa shape index (κ3) is 5.68. The molecule has 37 heavy (non-hydrogen) atoms. The number of aliphatic carboxylic acids is 3. The summed E-state index contributed by atoms with van der Waals surface area (Å²) >= 11 is 0. The van der Waals surface area contributed by atoms with Crippen LogP contribution in [0.25, 0.3) is 0 Å². The van der Waals surface area contributed by atoms with E-state index in [2.05, 4.69) is 4.74 Å². The van der Waals surface area contributed by atoms with Crippen molar-refractivity contribution in [2.75, 3.05) is 0 Å². The number of ether oxygens (including phenoxy) is 5. The molecule has 6 unspecified atom stereocenters. The van der Waals surface area contributed by atoms with Crippen LogP contribution in [0.15, 0.2) is 0 Å². The molecule has 0 saturated carbocycles. The Labute approximate surface area is 205 Å². The SMILES string of the molecule is O=C(O)C1O[C@@H](O[C@@H]2C(C(=O)O)O[C@@H](O[C@@H]3C(C(=O)O)O[C@@H](O)C(O)[C@H]3O)C(O)[C@H]2O)C(O)[C@@H](O)[C@@H]1O. The van der Waals surface area contributed by atoms with Gasteiger partial charge < -0.3 is 79.9 Å². The van der Waals surface area contributed by atoms with Gasteiger partial charge in [-0.1, -0.05) is 0 Å². The Morgan fingerprint density at radius 2 is 0.838 bits per heavy atom. The van der Waals surface area contributed by atoms with Crippen LogP contribution in [0, 0.1) is 0 Å². The molecular weight excluding hydrogens is 520 g/mol. The number of carboxylic acid groups (broad SMARTS) is 3. The molecule has 3 aliphatic rings. The first-order chi connectivity index (χ1) is 17.2. The van der Waals surface area contributed by atoms with Crippen LogP contribution < -0.4 is 0 Å². The van der Waals surface area contributed by atoms with Crippen molar-refractivity contribution < 1.29 is 94.2 Å². The molecule has 0 aliphatic carbocycles. The first kappa shape index (κ1) is 29.4. The largest absolute Gasteiger partial charge is 0.479 e. The van der Waals surface area contributed by atoms with E-state index in [1.807, 2.05) is 0 Å². The second-order valence-electron chi connectivity index (χ2n) is 8.45. The average molecular weight is 546 g/mol. The Hall–Kier alpha value is -2.11. The van der Waals surface area contributed by atoms with Crippen molar-refractivity contribution in [1.29, 1.82) is 0 Å². The van der Waals surface area contributed by atoms with Gasteiger partial charge in [-0.15, -0.1) is 0 Å². The van der Waals surface area contributed by atoms with Crippen molar-refractivity contribution in [1.82, 2.24) is 0 Å². The molecule has 3 saturated heterocycles. The highest BCUT2D eigenvalue weighted by atomic mass is 16.8. The number of hydrogen-bond acceptors (Lipinski definition) is 16. The highest BCUT2D eigenvalue weighted by Crippen LogP contribution is 2.32. The zero-order valence-electron chi connectivity index (χ0n) is 18.3. The third-order valence-electron chi connectivity index (χ3n) is 5.99. The summed E-state index contributed by atoms with van der Waals surface area (Å²) < 4.78 is 24.8. The van der Waals surface area contributed by atoms with Gasteiger partial charge in [-0.2, -0.15) is 0 Å². The molecule has 0 bridgehead atoms. The Morgan fingerprint density at radius 3 is 1.30 bits per heavy atom. The second-order valence-corrected chi connectivity index (χ2v) is 8.45. The Balaban J connectivity index is 1.81.